The number of hydrogen-bond acceptors (Lipinski definition) is 6. The summed E-state index contributed by atoms with van der Waals surface area (Å²) in [5.41, 5.74) is 1.07. The topological polar surface area (TPSA) is 92.1 Å². The molecule has 1 fully saturated rings. The van der Waals surface area contributed by atoms with Gasteiger partial charge >= 0.3 is 12.1 Å². The first-order valence-electron chi connectivity index (χ1n) is 13.0. The van der Waals surface area contributed by atoms with E-state index in [2.05, 4.69) is 5.32 Å². The van der Waals surface area contributed by atoms with Gasteiger partial charge in [-0.15, -0.1) is 0 Å². The molecule has 0 atom stereocenters. The van der Waals surface area contributed by atoms with Crippen LogP contribution in [0, 0.1) is 0 Å². The van der Waals surface area contributed by atoms with E-state index < -0.39 is 23.6 Å². The molecule has 1 saturated heterocycles. The van der Waals surface area contributed by atoms with Gasteiger partial charge in [-0.2, -0.15) is 13.2 Å². The summed E-state index contributed by atoms with van der Waals surface area (Å²) in [5, 5.41) is 2.76. The molecule has 2 heterocycles. The summed E-state index contributed by atoms with van der Waals surface area (Å²) in [7, 11) is 1.25. The number of amides is 2. The van der Waals surface area contributed by atoms with E-state index in [1.165, 1.54) is 37.4 Å². The molecule has 1 aliphatic heterocycles. The fourth-order valence-corrected chi connectivity index (χ4v) is 4.72. The van der Waals surface area contributed by atoms with E-state index in [1.807, 2.05) is 23.1 Å². The van der Waals surface area contributed by atoms with E-state index in [-0.39, 0.29) is 28.6 Å². The van der Waals surface area contributed by atoms with E-state index in [0.717, 1.165) is 12.1 Å². The summed E-state index contributed by atoms with van der Waals surface area (Å²) in [4.78, 5) is 42.0. The number of rotatable bonds is 6. The lowest BCUT2D eigenvalue weighted by molar-refractivity contribution is -0.137. The van der Waals surface area contributed by atoms with Crippen LogP contribution in [-0.2, 0) is 10.9 Å². The van der Waals surface area contributed by atoms with Crippen molar-refractivity contribution in [2.24, 2.45) is 0 Å². The largest absolute Gasteiger partial charge is 0.465 e. The number of carbonyl (C=O) groups is 3. The van der Waals surface area contributed by atoms with E-state index in [0.29, 0.717) is 43.1 Å². The first-order chi connectivity index (χ1) is 20.1. The maximum Gasteiger partial charge on any atom is 0.416 e. The second kappa shape index (κ2) is 11.8. The highest BCUT2D eigenvalue weighted by atomic mass is 19.4. The predicted molar refractivity (Wildman–Crippen MR) is 149 cm³/mol. The van der Waals surface area contributed by atoms with Crippen LogP contribution in [0.15, 0.2) is 89.3 Å². The zero-order valence-corrected chi connectivity index (χ0v) is 22.5. The van der Waals surface area contributed by atoms with E-state index in [1.54, 1.807) is 29.2 Å². The van der Waals surface area contributed by atoms with Crippen molar-refractivity contribution in [3.05, 3.63) is 107 Å². The lowest BCUT2D eigenvalue weighted by atomic mass is 10.1. The van der Waals surface area contributed by atoms with Crippen LogP contribution in [0.1, 0.15) is 36.8 Å². The highest BCUT2D eigenvalue weighted by molar-refractivity contribution is 6.05. The number of alkyl halides is 3. The number of furan rings is 1. The van der Waals surface area contributed by atoms with Gasteiger partial charge in [0.2, 0.25) is 0 Å². The SMILES string of the molecule is COC(=O)c1ccc(N2CCN(C(=O)c3ccccc3)CC2)c(NC(=O)c2ccc(-c3cccc(C(F)(F)F)c3)o2)c1. The Morgan fingerprint density at radius 3 is 2.26 bits per heavy atom. The molecule has 0 spiro atoms. The molecular weight excluding hydrogens is 551 g/mol. The fraction of sp³-hybridized carbons (Fsp3) is 0.194. The third-order valence-corrected chi connectivity index (χ3v) is 6.90. The summed E-state index contributed by atoms with van der Waals surface area (Å²) in [6.07, 6.45) is -4.52. The molecule has 42 heavy (non-hydrogen) atoms. The third kappa shape index (κ3) is 6.14. The monoisotopic (exact) mass is 577 g/mol. The van der Waals surface area contributed by atoms with E-state index >= 15 is 0 Å². The highest BCUT2D eigenvalue weighted by Gasteiger charge is 2.31. The highest BCUT2D eigenvalue weighted by Crippen LogP contribution is 2.33. The van der Waals surface area contributed by atoms with Crippen molar-refractivity contribution in [3.8, 4) is 11.3 Å². The maximum atomic E-state index is 13.2. The van der Waals surface area contributed by atoms with Gasteiger partial charge < -0.3 is 24.3 Å². The van der Waals surface area contributed by atoms with Crippen molar-refractivity contribution in [1.82, 2.24) is 4.90 Å². The quantitative estimate of drug-likeness (QED) is 0.284. The molecule has 2 amide bonds. The van der Waals surface area contributed by atoms with Gasteiger partial charge in [-0.1, -0.05) is 30.3 Å². The van der Waals surface area contributed by atoms with Gasteiger partial charge in [0.05, 0.1) is 29.6 Å². The summed E-state index contributed by atoms with van der Waals surface area (Å²) in [6.45, 7) is 1.83. The van der Waals surface area contributed by atoms with Crippen molar-refractivity contribution in [1.29, 1.82) is 0 Å². The minimum atomic E-state index is -4.52. The number of ether oxygens (including phenoxy) is 1. The molecule has 1 aliphatic rings. The predicted octanol–water partition coefficient (Wildman–Crippen LogP) is 5.97. The van der Waals surface area contributed by atoms with Crippen LogP contribution in [0.3, 0.4) is 0 Å². The van der Waals surface area contributed by atoms with Gasteiger partial charge in [0.25, 0.3) is 11.8 Å². The Bertz CT molecular complexity index is 1610. The molecule has 3 aromatic carbocycles. The summed E-state index contributed by atoms with van der Waals surface area (Å²) in [6, 6.07) is 21.1. The number of esters is 1. The molecule has 0 saturated carbocycles. The van der Waals surface area contributed by atoms with Crippen LogP contribution in [0.5, 0.6) is 0 Å². The van der Waals surface area contributed by atoms with Gasteiger partial charge in [0.1, 0.15) is 5.76 Å². The molecule has 8 nitrogen and oxygen atoms in total. The minimum absolute atomic E-state index is 0.0702. The maximum absolute atomic E-state index is 13.2. The first-order valence-corrected chi connectivity index (χ1v) is 13.0. The Labute approximate surface area is 239 Å². The number of halogens is 3. The molecule has 0 aliphatic carbocycles. The van der Waals surface area contributed by atoms with Crippen LogP contribution < -0.4 is 10.2 Å². The molecule has 0 unspecified atom stereocenters. The zero-order valence-electron chi connectivity index (χ0n) is 22.5. The van der Waals surface area contributed by atoms with Crippen molar-refractivity contribution in [2.45, 2.75) is 6.18 Å². The smallest absolute Gasteiger partial charge is 0.416 e. The van der Waals surface area contributed by atoms with Crippen LogP contribution >= 0.6 is 0 Å². The summed E-state index contributed by atoms with van der Waals surface area (Å²) in [5.74, 6) is -1.36. The van der Waals surface area contributed by atoms with Crippen LogP contribution in [0.4, 0.5) is 24.5 Å². The summed E-state index contributed by atoms with van der Waals surface area (Å²) >= 11 is 0. The zero-order chi connectivity index (χ0) is 29.9. The van der Waals surface area contributed by atoms with Gasteiger partial charge in [-0.05, 0) is 54.6 Å². The standard InChI is InChI=1S/C31H26F3N3O5/c1-41-30(40)22-10-11-25(36-14-16-37(17-15-36)29(39)20-6-3-2-4-7-20)24(19-22)35-28(38)27-13-12-26(42-27)21-8-5-9-23(18-21)31(32,33)34/h2-13,18-19H,14-17H2,1H3,(H,35,38). The lowest BCUT2D eigenvalue weighted by Gasteiger charge is -2.37. The number of anilines is 2. The van der Waals surface area contributed by atoms with E-state index in [9.17, 15) is 27.6 Å². The second-order valence-electron chi connectivity index (χ2n) is 9.57. The molecule has 1 aromatic heterocycles. The Morgan fingerprint density at radius 2 is 1.57 bits per heavy atom. The Morgan fingerprint density at radius 1 is 0.833 bits per heavy atom. The van der Waals surface area contributed by atoms with Gasteiger partial charge in [-0.3, -0.25) is 9.59 Å². The minimum Gasteiger partial charge on any atom is -0.465 e. The van der Waals surface area contributed by atoms with Crippen molar-refractivity contribution >= 4 is 29.2 Å². The Balaban J connectivity index is 1.35. The number of nitrogens with one attached hydrogen (secondary N) is 1. The Kier molecular flexibility index (Phi) is 8.01. The average molecular weight is 578 g/mol. The number of benzene rings is 3. The number of piperazine rings is 1. The molecule has 1 N–H and O–H groups in total. The second-order valence-corrected chi connectivity index (χ2v) is 9.57. The molecule has 11 heteroatoms. The average Bonchev–Trinajstić information content (AvgIpc) is 3.51. The first kappa shape index (κ1) is 28.5. The van der Waals surface area contributed by atoms with Crippen molar-refractivity contribution < 1.29 is 36.7 Å². The van der Waals surface area contributed by atoms with E-state index in [4.69, 9.17) is 9.15 Å². The molecule has 0 radical (unpaired) electrons. The lowest BCUT2D eigenvalue weighted by Crippen LogP contribution is -2.49. The van der Waals surface area contributed by atoms with Crippen molar-refractivity contribution in [3.63, 3.8) is 0 Å². The molecule has 5 rings (SSSR count). The molecule has 0 bridgehead atoms. The Hall–Kier alpha value is -5.06. The van der Waals surface area contributed by atoms with Gasteiger partial charge in [0, 0.05) is 37.3 Å². The fourth-order valence-electron chi connectivity index (χ4n) is 4.72. The molecular formula is C31H26F3N3O5. The van der Waals surface area contributed by atoms with Crippen LogP contribution in [0.2, 0.25) is 0 Å². The van der Waals surface area contributed by atoms with Gasteiger partial charge in [-0.25, -0.2) is 4.79 Å². The number of methoxy groups -OCH3 is 1. The molecule has 216 valence electrons. The number of nitrogens with zero attached hydrogens (tertiary/aromatic N) is 2. The summed E-state index contributed by atoms with van der Waals surface area (Å²) < 4.78 is 49.9. The van der Waals surface area contributed by atoms with Crippen LogP contribution in [0.25, 0.3) is 11.3 Å². The normalized spacial score (nSPS) is 13.5. The van der Waals surface area contributed by atoms with Crippen LogP contribution in [-0.4, -0.2) is 56.0 Å². The third-order valence-electron chi connectivity index (χ3n) is 6.90. The molecule has 4 aromatic rings. The van der Waals surface area contributed by atoms with Gasteiger partial charge in [0.15, 0.2) is 5.76 Å². The number of carbonyl (C=O) groups excluding carboxylic acids is 3. The van der Waals surface area contributed by atoms with Crippen molar-refractivity contribution in [2.75, 3.05) is 43.5 Å². The number of hydrogen-bond donors (Lipinski definition) is 1.